The van der Waals surface area contributed by atoms with Crippen LogP contribution in [-0.4, -0.2) is 22.5 Å². The Morgan fingerprint density at radius 3 is 2.88 bits per heavy atom. The molecule has 1 aliphatic rings. The van der Waals surface area contributed by atoms with Gasteiger partial charge >= 0.3 is 0 Å². The smallest absolute Gasteiger partial charge is 0.276 e. The van der Waals surface area contributed by atoms with E-state index >= 15 is 0 Å². The number of carbonyl (C=O) groups is 1. The van der Waals surface area contributed by atoms with Crippen molar-refractivity contribution in [3.8, 4) is 5.75 Å². The van der Waals surface area contributed by atoms with Gasteiger partial charge in [-0.25, -0.2) is 0 Å². The van der Waals surface area contributed by atoms with Gasteiger partial charge in [0.05, 0.1) is 0 Å². The maximum atomic E-state index is 12.4. The van der Waals surface area contributed by atoms with Gasteiger partial charge in [-0.2, -0.15) is 0 Å². The predicted molar refractivity (Wildman–Crippen MR) is 107 cm³/mol. The van der Waals surface area contributed by atoms with Crippen LogP contribution in [-0.2, 0) is 11.4 Å². The minimum absolute atomic E-state index is 0.132. The van der Waals surface area contributed by atoms with Crippen LogP contribution in [0.25, 0.3) is 6.08 Å². The number of hydrogen-bond donors (Lipinski definition) is 1. The van der Waals surface area contributed by atoms with Gasteiger partial charge in [-0.3, -0.25) is 9.69 Å². The van der Waals surface area contributed by atoms with Gasteiger partial charge in [0.15, 0.2) is 5.11 Å². The van der Waals surface area contributed by atoms with E-state index in [1.165, 1.54) is 0 Å². The van der Waals surface area contributed by atoms with E-state index in [9.17, 15) is 4.79 Å². The van der Waals surface area contributed by atoms with Crippen molar-refractivity contribution in [1.82, 2.24) is 10.2 Å². The van der Waals surface area contributed by atoms with Gasteiger partial charge in [-0.15, -0.1) is 0 Å². The molecule has 2 heterocycles. The molecule has 1 fully saturated rings. The summed E-state index contributed by atoms with van der Waals surface area (Å²) < 4.78 is 12.4. The third-order valence-electron chi connectivity index (χ3n) is 3.66. The lowest BCUT2D eigenvalue weighted by molar-refractivity contribution is -0.122. The average Bonchev–Trinajstić information content (AvgIpc) is 3.13. The molecular formula is C19H19BrN2O3S. The van der Waals surface area contributed by atoms with Crippen LogP contribution in [0.1, 0.15) is 25.4 Å². The lowest BCUT2D eigenvalue weighted by atomic mass is 10.2. The Balaban J connectivity index is 1.65. The van der Waals surface area contributed by atoms with E-state index in [1.807, 2.05) is 44.2 Å². The molecule has 1 amide bonds. The van der Waals surface area contributed by atoms with Crippen molar-refractivity contribution in [3.05, 3.63) is 58.1 Å². The highest BCUT2D eigenvalue weighted by molar-refractivity contribution is 9.10. The molecule has 1 aromatic heterocycles. The largest absolute Gasteiger partial charge is 0.486 e. The summed E-state index contributed by atoms with van der Waals surface area (Å²) in [5.41, 5.74) is 0.421. The van der Waals surface area contributed by atoms with Crippen LogP contribution < -0.4 is 10.1 Å². The zero-order chi connectivity index (χ0) is 18.7. The van der Waals surface area contributed by atoms with Gasteiger partial charge in [-0.1, -0.05) is 35.8 Å². The Morgan fingerprint density at radius 1 is 1.35 bits per heavy atom. The summed E-state index contributed by atoms with van der Waals surface area (Å²) in [6.45, 7) is 4.98. The molecule has 0 unspecified atom stereocenters. The van der Waals surface area contributed by atoms with Gasteiger partial charge in [0.2, 0.25) is 0 Å². The lowest BCUT2D eigenvalue weighted by Gasteiger charge is -2.15. The van der Waals surface area contributed by atoms with Crippen LogP contribution in [0, 0.1) is 5.92 Å². The molecule has 0 bridgehead atoms. The predicted octanol–water partition coefficient (Wildman–Crippen LogP) is 4.33. The van der Waals surface area contributed by atoms with E-state index in [0.29, 0.717) is 41.4 Å². The minimum Gasteiger partial charge on any atom is -0.486 e. The van der Waals surface area contributed by atoms with E-state index < -0.39 is 0 Å². The number of carbonyl (C=O) groups excluding carboxylic acids is 1. The molecular weight excluding hydrogens is 416 g/mol. The highest BCUT2D eigenvalue weighted by atomic mass is 79.9. The monoisotopic (exact) mass is 434 g/mol. The highest BCUT2D eigenvalue weighted by Crippen LogP contribution is 2.21. The molecule has 0 aliphatic carbocycles. The van der Waals surface area contributed by atoms with Crippen LogP contribution in [0.15, 0.2) is 51.0 Å². The first kappa shape index (κ1) is 18.7. The minimum atomic E-state index is -0.132. The van der Waals surface area contributed by atoms with Crippen molar-refractivity contribution in [1.29, 1.82) is 0 Å². The summed E-state index contributed by atoms with van der Waals surface area (Å²) >= 11 is 8.65. The Kier molecular flexibility index (Phi) is 5.78. The fourth-order valence-corrected chi connectivity index (χ4v) is 3.15. The molecule has 1 N–H and O–H groups in total. The van der Waals surface area contributed by atoms with Crippen molar-refractivity contribution in [2.75, 3.05) is 6.54 Å². The van der Waals surface area contributed by atoms with Crippen molar-refractivity contribution in [2.24, 2.45) is 5.92 Å². The first-order chi connectivity index (χ1) is 12.4. The number of amides is 1. The molecule has 1 saturated heterocycles. The van der Waals surface area contributed by atoms with Gasteiger partial charge in [0.1, 0.15) is 29.6 Å². The van der Waals surface area contributed by atoms with Crippen molar-refractivity contribution in [3.63, 3.8) is 0 Å². The maximum absolute atomic E-state index is 12.4. The van der Waals surface area contributed by atoms with E-state index in [0.717, 1.165) is 10.2 Å². The number of furan rings is 1. The van der Waals surface area contributed by atoms with Crippen LogP contribution in [0.2, 0.25) is 0 Å². The summed E-state index contributed by atoms with van der Waals surface area (Å²) in [6.07, 6.45) is 1.66. The summed E-state index contributed by atoms with van der Waals surface area (Å²) in [6, 6.07) is 11.2. The summed E-state index contributed by atoms with van der Waals surface area (Å²) in [5.74, 6) is 2.19. The number of thiocarbonyl (C=S) groups is 1. The first-order valence-electron chi connectivity index (χ1n) is 8.24. The first-order valence-corrected chi connectivity index (χ1v) is 9.44. The molecule has 5 nitrogen and oxygen atoms in total. The van der Waals surface area contributed by atoms with Gasteiger partial charge in [0, 0.05) is 17.1 Å². The van der Waals surface area contributed by atoms with Crippen LogP contribution in [0.3, 0.4) is 0 Å². The Labute approximate surface area is 166 Å². The fourth-order valence-electron chi connectivity index (χ4n) is 2.51. The maximum Gasteiger partial charge on any atom is 0.276 e. The Morgan fingerprint density at radius 2 is 2.15 bits per heavy atom. The van der Waals surface area contributed by atoms with Crippen molar-refractivity contribution >= 4 is 45.2 Å². The van der Waals surface area contributed by atoms with Crippen molar-refractivity contribution < 1.29 is 13.9 Å². The Hall–Kier alpha value is -2.12. The van der Waals surface area contributed by atoms with E-state index in [-0.39, 0.29) is 5.91 Å². The van der Waals surface area contributed by atoms with E-state index in [1.54, 1.807) is 17.0 Å². The molecule has 7 heteroatoms. The molecule has 0 atom stereocenters. The van der Waals surface area contributed by atoms with Crippen LogP contribution in [0.5, 0.6) is 5.75 Å². The van der Waals surface area contributed by atoms with Crippen LogP contribution >= 0.6 is 28.1 Å². The second kappa shape index (κ2) is 8.05. The third kappa shape index (κ3) is 4.53. The molecule has 0 radical (unpaired) electrons. The molecule has 136 valence electrons. The van der Waals surface area contributed by atoms with Crippen LogP contribution in [0.4, 0.5) is 0 Å². The number of ether oxygens (including phenoxy) is 1. The fraction of sp³-hybridized carbons (Fsp3) is 0.263. The second-order valence-corrected chi connectivity index (χ2v) is 7.65. The highest BCUT2D eigenvalue weighted by Gasteiger charge is 2.31. The topological polar surface area (TPSA) is 54.7 Å². The van der Waals surface area contributed by atoms with E-state index in [2.05, 4.69) is 21.2 Å². The summed E-state index contributed by atoms with van der Waals surface area (Å²) in [4.78, 5) is 14.0. The lowest BCUT2D eigenvalue weighted by Crippen LogP contribution is -2.33. The normalized spacial score (nSPS) is 15.8. The molecule has 2 aromatic rings. The molecule has 3 rings (SSSR count). The van der Waals surface area contributed by atoms with Gasteiger partial charge in [0.25, 0.3) is 5.91 Å². The molecule has 1 aromatic carbocycles. The number of nitrogens with zero attached hydrogens (tertiary/aromatic N) is 1. The SMILES string of the molecule is CC(C)CN1C(=O)/C(=C\c2ccc(COc3cccc(Br)c3)o2)NC1=S. The number of nitrogens with one attached hydrogen (secondary N) is 1. The number of benzene rings is 1. The molecule has 0 saturated carbocycles. The van der Waals surface area contributed by atoms with Gasteiger partial charge < -0.3 is 14.5 Å². The number of halogens is 1. The zero-order valence-corrected chi connectivity index (χ0v) is 16.9. The second-order valence-electron chi connectivity index (χ2n) is 6.35. The van der Waals surface area contributed by atoms with Gasteiger partial charge in [-0.05, 0) is 48.5 Å². The standard InChI is InChI=1S/C19H19BrN2O3S/c1-12(2)10-22-18(23)17(21-19(22)26)9-15-6-7-16(25-15)11-24-14-5-3-4-13(20)8-14/h3-9,12H,10-11H2,1-2H3,(H,21,26)/b17-9+. The summed E-state index contributed by atoms with van der Waals surface area (Å²) in [7, 11) is 0. The average molecular weight is 435 g/mol. The summed E-state index contributed by atoms with van der Waals surface area (Å²) in [5, 5.41) is 3.38. The molecule has 0 spiro atoms. The molecule has 1 aliphatic heterocycles. The Bertz CT molecular complexity index is 860. The number of rotatable bonds is 6. The third-order valence-corrected chi connectivity index (χ3v) is 4.47. The molecule has 26 heavy (non-hydrogen) atoms. The van der Waals surface area contributed by atoms with E-state index in [4.69, 9.17) is 21.4 Å². The zero-order valence-electron chi connectivity index (χ0n) is 14.5. The van der Waals surface area contributed by atoms with Crippen molar-refractivity contribution in [2.45, 2.75) is 20.5 Å². The quantitative estimate of drug-likeness (QED) is 0.541. The number of hydrogen-bond acceptors (Lipinski definition) is 4.